The lowest BCUT2D eigenvalue weighted by Crippen LogP contribution is -1.94. The Bertz CT molecular complexity index is 793. The molecule has 0 saturated carbocycles. The minimum Gasteiger partial charge on any atom is -0.507 e. The number of hydrogen-bond acceptors (Lipinski definition) is 3. The van der Waals surface area contributed by atoms with Crippen molar-refractivity contribution in [2.24, 2.45) is 0 Å². The molecule has 24 heavy (non-hydrogen) atoms. The lowest BCUT2D eigenvalue weighted by Gasteiger charge is -2.08. The van der Waals surface area contributed by atoms with Gasteiger partial charge < -0.3 is 10.2 Å². The quantitative estimate of drug-likeness (QED) is 0.472. The highest BCUT2D eigenvalue weighted by molar-refractivity contribution is 6.07. The van der Waals surface area contributed by atoms with E-state index in [9.17, 15) is 15.0 Å². The first-order chi connectivity index (χ1) is 11.4. The summed E-state index contributed by atoms with van der Waals surface area (Å²) in [4.78, 5) is 12.2. The van der Waals surface area contributed by atoms with Gasteiger partial charge in [-0.1, -0.05) is 47.5 Å². The van der Waals surface area contributed by atoms with E-state index in [-0.39, 0.29) is 22.8 Å². The van der Waals surface area contributed by atoms with E-state index in [0.29, 0.717) is 17.5 Å². The Balaban J connectivity index is 2.28. The van der Waals surface area contributed by atoms with Gasteiger partial charge in [-0.2, -0.15) is 0 Å². The van der Waals surface area contributed by atoms with Crippen molar-refractivity contribution in [2.45, 2.75) is 27.2 Å². The zero-order chi connectivity index (χ0) is 17.7. The van der Waals surface area contributed by atoms with Crippen LogP contribution in [0.3, 0.4) is 0 Å². The summed E-state index contributed by atoms with van der Waals surface area (Å²) in [6.07, 6.45) is 5.39. The number of aromatic hydroxyl groups is 2. The largest absolute Gasteiger partial charge is 0.507 e. The number of allylic oxidation sites excluding steroid dienone is 3. The molecular weight excluding hydrogens is 300 g/mol. The average molecular weight is 322 g/mol. The minimum absolute atomic E-state index is 0.000422. The van der Waals surface area contributed by atoms with Crippen LogP contribution in [-0.4, -0.2) is 16.0 Å². The minimum atomic E-state index is -0.177. The van der Waals surface area contributed by atoms with Crippen molar-refractivity contribution in [3.8, 4) is 11.5 Å². The first-order valence-corrected chi connectivity index (χ1v) is 7.84. The van der Waals surface area contributed by atoms with Crippen LogP contribution in [0.4, 0.5) is 0 Å². The van der Waals surface area contributed by atoms with Crippen molar-refractivity contribution in [3.05, 3.63) is 76.4 Å². The molecule has 0 aromatic heterocycles. The molecule has 0 radical (unpaired) electrons. The Labute approximate surface area is 142 Å². The van der Waals surface area contributed by atoms with Crippen molar-refractivity contribution in [3.63, 3.8) is 0 Å². The van der Waals surface area contributed by atoms with Crippen LogP contribution in [0.5, 0.6) is 11.5 Å². The summed E-state index contributed by atoms with van der Waals surface area (Å²) in [5.41, 5.74) is 3.76. The molecule has 0 unspecified atom stereocenters. The SMILES string of the molecule is CC(C)=CCc1ccc(O)c(/C=C/C(=O)c2ccc(C)cc2)c1O. The molecule has 0 aliphatic carbocycles. The maximum Gasteiger partial charge on any atom is 0.185 e. The van der Waals surface area contributed by atoms with Crippen molar-refractivity contribution in [2.75, 3.05) is 0 Å². The Morgan fingerprint density at radius 2 is 1.71 bits per heavy atom. The second kappa shape index (κ2) is 7.64. The van der Waals surface area contributed by atoms with Crippen LogP contribution in [0.25, 0.3) is 6.08 Å². The number of carbonyl (C=O) groups excluding carboxylic acids is 1. The second-order valence-corrected chi connectivity index (χ2v) is 6.06. The van der Waals surface area contributed by atoms with E-state index < -0.39 is 0 Å². The van der Waals surface area contributed by atoms with Crippen LogP contribution >= 0.6 is 0 Å². The summed E-state index contributed by atoms with van der Waals surface area (Å²) in [5.74, 6) is -0.231. The molecule has 0 saturated heterocycles. The Morgan fingerprint density at radius 3 is 2.33 bits per heavy atom. The smallest absolute Gasteiger partial charge is 0.185 e. The van der Waals surface area contributed by atoms with Crippen LogP contribution in [0, 0.1) is 6.92 Å². The van der Waals surface area contributed by atoms with E-state index in [1.807, 2.05) is 39.0 Å². The monoisotopic (exact) mass is 322 g/mol. The highest BCUT2D eigenvalue weighted by atomic mass is 16.3. The predicted molar refractivity (Wildman–Crippen MR) is 97.5 cm³/mol. The summed E-state index contributed by atoms with van der Waals surface area (Å²) < 4.78 is 0. The molecule has 0 bridgehead atoms. The molecule has 3 heteroatoms. The summed E-state index contributed by atoms with van der Waals surface area (Å²) >= 11 is 0. The van der Waals surface area contributed by atoms with Crippen LogP contribution < -0.4 is 0 Å². The zero-order valence-electron chi connectivity index (χ0n) is 14.2. The maximum absolute atomic E-state index is 12.2. The molecule has 0 aliphatic rings. The third-order valence-electron chi connectivity index (χ3n) is 3.75. The molecule has 2 aromatic rings. The van der Waals surface area contributed by atoms with Gasteiger partial charge >= 0.3 is 0 Å². The van der Waals surface area contributed by atoms with Gasteiger partial charge in [0.2, 0.25) is 0 Å². The molecule has 124 valence electrons. The van der Waals surface area contributed by atoms with Gasteiger partial charge in [0.15, 0.2) is 5.78 Å². The summed E-state index contributed by atoms with van der Waals surface area (Å²) in [6, 6.07) is 10.5. The fourth-order valence-corrected chi connectivity index (χ4v) is 2.26. The highest BCUT2D eigenvalue weighted by Crippen LogP contribution is 2.32. The maximum atomic E-state index is 12.2. The van der Waals surface area contributed by atoms with E-state index in [4.69, 9.17) is 0 Å². The number of phenols is 2. The number of benzene rings is 2. The summed E-state index contributed by atoms with van der Waals surface area (Å²) in [6.45, 7) is 5.93. The molecule has 3 nitrogen and oxygen atoms in total. The third-order valence-corrected chi connectivity index (χ3v) is 3.75. The number of phenolic OH excluding ortho intramolecular Hbond substituents is 2. The lowest BCUT2D eigenvalue weighted by atomic mass is 10.0. The first-order valence-electron chi connectivity index (χ1n) is 7.84. The standard InChI is InChI=1S/C21H22O3/c1-14(2)4-7-17-10-12-20(23)18(21(17)24)11-13-19(22)16-8-5-15(3)6-9-16/h4-6,8-13,23-24H,7H2,1-3H3/b13-11+. The number of carbonyl (C=O) groups is 1. The van der Waals surface area contributed by atoms with Gasteiger partial charge in [0.05, 0.1) is 5.56 Å². The van der Waals surface area contributed by atoms with E-state index in [2.05, 4.69) is 0 Å². The Hall–Kier alpha value is -2.81. The number of aryl methyl sites for hydroxylation is 1. The average Bonchev–Trinajstić information content (AvgIpc) is 2.54. The van der Waals surface area contributed by atoms with Gasteiger partial charge in [0, 0.05) is 5.56 Å². The van der Waals surface area contributed by atoms with Gasteiger partial charge in [-0.15, -0.1) is 0 Å². The van der Waals surface area contributed by atoms with Crippen molar-refractivity contribution in [1.82, 2.24) is 0 Å². The van der Waals surface area contributed by atoms with E-state index >= 15 is 0 Å². The zero-order valence-corrected chi connectivity index (χ0v) is 14.2. The van der Waals surface area contributed by atoms with Crippen molar-refractivity contribution < 1.29 is 15.0 Å². The fourth-order valence-electron chi connectivity index (χ4n) is 2.26. The molecular formula is C21H22O3. The molecule has 0 spiro atoms. The van der Waals surface area contributed by atoms with Crippen molar-refractivity contribution in [1.29, 1.82) is 0 Å². The van der Waals surface area contributed by atoms with Gasteiger partial charge in [-0.3, -0.25) is 4.79 Å². The molecule has 0 aliphatic heterocycles. The van der Waals surface area contributed by atoms with Gasteiger partial charge in [0.1, 0.15) is 11.5 Å². The third kappa shape index (κ3) is 4.35. The van der Waals surface area contributed by atoms with E-state index in [1.54, 1.807) is 18.2 Å². The fraction of sp³-hybridized carbons (Fsp3) is 0.190. The normalized spacial score (nSPS) is 10.8. The van der Waals surface area contributed by atoms with Gasteiger partial charge in [0.25, 0.3) is 0 Å². The van der Waals surface area contributed by atoms with Gasteiger partial charge in [-0.25, -0.2) is 0 Å². The summed E-state index contributed by atoms with van der Waals surface area (Å²) in [5, 5.41) is 20.3. The van der Waals surface area contributed by atoms with Crippen LogP contribution in [-0.2, 0) is 6.42 Å². The van der Waals surface area contributed by atoms with Crippen molar-refractivity contribution >= 4 is 11.9 Å². The van der Waals surface area contributed by atoms with E-state index in [0.717, 1.165) is 11.1 Å². The van der Waals surface area contributed by atoms with Crippen LogP contribution in [0.2, 0.25) is 0 Å². The predicted octanol–water partition coefficient (Wildman–Crippen LogP) is 4.81. The Morgan fingerprint density at radius 1 is 1.04 bits per heavy atom. The molecule has 2 N–H and O–H groups in total. The number of hydrogen-bond donors (Lipinski definition) is 2. The van der Waals surface area contributed by atoms with Crippen LogP contribution in [0.15, 0.2) is 54.1 Å². The molecule has 2 aromatic carbocycles. The van der Waals surface area contributed by atoms with Gasteiger partial charge in [-0.05, 0) is 51.0 Å². The molecule has 0 fully saturated rings. The Kier molecular flexibility index (Phi) is 5.59. The lowest BCUT2D eigenvalue weighted by molar-refractivity contribution is 0.104. The topological polar surface area (TPSA) is 57.5 Å². The second-order valence-electron chi connectivity index (χ2n) is 6.06. The first kappa shape index (κ1) is 17.5. The van der Waals surface area contributed by atoms with Crippen LogP contribution in [0.1, 0.15) is 40.9 Å². The molecule has 0 amide bonds. The highest BCUT2D eigenvalue weighted by Gasteiger charge is 2.10. The molecule has 2 rings (SSSR count). The molecule has 0 heterocycles. The van der Waals surface area contributed by atoms with E-state index in [1.165, 1.54) is 18.2 Å². The summed E-state index contributed by atoms with van der Waals surface area (Å²) in [7, 11) is 0. The number of ketones is 1. The molecule has 0 atom stereocenters. The number of rotatable bonds is 5.